The van der Waals surface area contributed by atoms with Crippen molar-refractivity contribution < 1.29 is 27.4 Å². The Labute approximate surface area is 158 Å². The van der Waals surface area contributed by atoms with E-state index in [1.807, 2.05) is 4.90 Å². The van der Waals surface area contributed by atoms with Gasteiger partial charge in [-0.05, 0) is 29.8 Å². The van der Waals surface area contributed by atoms with Crippen LogP contribution in [0.5, 0.6) is 11.5 Å². The first-order chi connectivity index (χ1) is 12.7. The number of aromatic hydroxyl groups is 1. The predicted molar refractivity (Wildman–Crippen MR) is 92.5 cm³/mol. The second-order valence-electron chi connectivity index (χ2n) is 6.13. The van der Waals surface area contributed by atoms with E-state index in [0.29, 0.717) is 31.7 Å². The number of piperazine rings is 1. The summed E-state index contributed by atoms with van der Waals surface area (Å²) >= 11 is 5.96. The Morgan fingerprint density at radius 3 is 2.33 bits per heavy atom. The number of phenols is 1. The van der Waals surface area contributed by atoms with Gasteiger partial charge in [-0.1, -0.05) is 23.7 Å². The number of hydrogen-bond acceptors (Lipinski definition) is 4. The Hall–Kier alpha value is -2.03. The van der Waals surface area contributed by atoms with Crippen LogP contribution in [0.3, 0.4) is 0 Å². The molecule has 1 saturated heterocycles. The predicted octanol–water partition coefficient (Wildman–Crippen LogP) is 4.08. The zero-order valence-corrected chi connectivity index (χ0v) is 14.8. The molecule has 2 N–H and O–H groups in total. The summed E-state index contributed by atoms with van der Waals surface area (Å²) in [7, 11) is 0. The highest BCUT2D eigenvalue weighted by atomic mass is 35.5. The summed E-state index contributed by atoms with van der Waals surface area (Å²) in [6, 6.07) is 7.21. The Kier molecular flexibility index (Phi) is 5.78. The van der Waals surface area contributed by atoms with Crippen LogP contribution in [0.4, 0.5) is 17.6 Å². The van der Waals surface area contributed by atoms with Crippen LogP contribution in [-0.2, 0) is 0 Å². The average Bonchev–Trinajstić information content (AvgIpc) is 2.60. The molecular formula is C18H17ClF4N2O2. The van der Waals surface area contributed by atoms with Crippen molar-refractivity contribution in [1.82, 2.24) is 10.2 Å². The van der Waals surface area contributed by atoms with Crippen molar-refractivity contribution in [3.05, 3.63) is 58.4 Å². The third kappa shape index (κ3) is 4.82. The van der Waals surface area contributed by atoms with E-state index < -0.39 is 24.0 Å². The molecule has 0 amide bonds. The molecule has 27 heavy (non-hydrogen) atoms. The van der Waals surface area contributed by atoms with Gasteiger partial charge in [0.15, 0.2) is 11.6 Å². The molecule has 1 aliphatic heterocycles. The first-order valence-corrected chi connectivity index (χ1v) is 8.61. The molecule has 9 heteroatoms. The molecule has 0 bridgehead atoms. The number of halogens is 5. The lowest BCUT2D eigenvalue weighted by Crippen LogP contribution is -2.45. The maximum Gasteiger partial charge on any atom is 0.573 e. The molecule has 0 spiro atoms. The van der Waals surface area contributed by atoms with Gasteiger partial charge in [-0.2, -0.15) is 0 Å². The van der Waals surface area contributed by atoms with Crippen LogP contribution in [-0.4, -0.2) is 42.5 Å². The molecule has 0 aromatic heterocycles. The van der Waals surface area contributed by atoms with Crippen LogP contribution in [0.25, 0.3) is 0 Å². The number of benzene rings is 2. The topological polar surface area (TPSA) is 44.7 Å². The minimum absolute atomic E-state index is 0.123. The Balaban J connectivity index is 2.00. The summed E-state index contributed by atoms with van der Waals surface area (Å²) in [4.78, 5) is 2.00. The monoisotopic (exact) mass is 404 g/mol. The van der Waals surface area contributed by atoms with Gasteiger partial charge >= 0.3 is 6.36 Å². The summed E-state index contributed by atoms with van der Waals surface area (Å²) in [5, 5.41) is 13.6. The van der Waals surface area contributed by atoms with Crippen LogP contribution in [0.1, 0.15) is 17.2 Å². The van der Waals surface area contributed by atoms with E-state index in [1.165, 1.54) is 30.3 Å². The lowest BCUT2D eigenvalue weighted by atomic mass is 9.95. The zero-order chi connectivity index (χ0) is 19.6. The van der Waals surface area contributed by atoms with E-state index in [2.05, 4.69) is 10.1 Å². The zero-order valence-electron chi connectivity index (χ0n) is 14.1. The largest absolute Gasteiger partial charge is 0.573 e. The number of rotatable bonds is 4. The van der Waals surface area contributed by atoms with E-state index in [1.54, 1.807) is 0 Å². The molecular weight excluding hydrogens is 388 g/mol. The number of alkyl halides is 3. The molecule has 146 valence electrons. The van der Waals surface area contributed by atoms with E-state index >= 15 is 0 Å². The van der Waals surface area contributed by atoms with Gasteiger partial charge in [0.2, 0.25) is 0 Å². The highest BCUT2D eigenvalue weighted by Crippen LogP contribution is 2.38. The van der Waals surface area contributed by atoms with Crippen molar-refractivity contribution in [1.29, 1.82) is 0 Å². The number of phenolic OH excluding ortho intramolecular Hbond substituents is 1. The van der Waals surface area contributed by atoms with Crippen LogP contribution < -0.4 is 10.1 Å². The average molecular weight is 405 g/mol. The fraction of sp³-hybridized carbons (Fsp3) is 0.333. The fourth-order valence-corrected chi connectivity index (χ4v) is 3.39. The van der Waals surface area contributed by atoms with Gasteiger partial charge in [0, 0.05) is 36.8 Å². The van der Waals surface area contributed by atoms with Gasteiger partial charge in [-0.3, -0.25) is 4.90 Å². The maximum atomic E-state index is 14.0. The van der Waals surface area contributed by atoms with Crippen LogP contribution in [0.2, 0.25) is 5.02 Å². The van der Waals surface area contributed by atoms with Gasteiger partial charge in [-0.25, -0.2) is 4.39 Å². The van der Waals surface area contributed by atoms with Crippen molar-refractivity contribution >= 4 is 11.6 Å². The lowest BCUT2D eigenvalue weighted by molar-refractivity contribution is -0.274. The molecule has 4 nitrogen and oxygen atoms in total. The van der Waals surface area contributed by atoms with E-state index in [4.69, 9.17) is 11.6 Å². The summed E-state index contributed by atoms with van der Waals surface area (Å²) in [6.45, 7) is 2.60. The number of hydrogen-bond donors (Lipinski definition) is 2. The second-order valence-corrected chi connectivity index (χ2v) is 6.57. The number of ether oxygens (including phenoxy) is 1. The van der Waals surface area contributed by atoms with Gasteiger partial charge in [-0.15, -0.1) is 13.2 Å². The molecule has 1 atom stereocenters. The van der Waals surface area contributed by atoms with E-state index in [-0.39, 0.29) is 16.3 Å². The fourth-order valence-electron chi connectivity index (χ4n) is 3.17. The first kappa shape index (κ1) is 19.7. The quantitative estimate of drug-likeness (QED) is 0.754. The molecule has 1 fully saturated rings. The van der Waals surface area contributed by atoms with Crippen molar-refractivity contribution in [2.24, 2.45) is 0 Å². The minimum Gasteiger partial charge on any atom is -0.505 e. The van der Waals surface area contributed by atoms with E-state index in [9.17, 15) is 22.7 Å². The highest BCUT2D eigenvalue weighted by Gasteiger charge is 2.32. The molecule has 0 saturated carbocycles. The SMILES string of the molecule is Oc1c(F)cc(Cl)cc1[C@H](c1ccc(OC(F)(F)F)cc1)N1CCNCC1. The lowest BCUT2D eigenvalue weighted by Gasteiger charge is -2.36. The van der Waals surface area contributed by atoms with Gasteiger partial charge < -0.3 is 15.2 Å². The smallest absolute Gasteiger partial charge is 0.505 e. The van der Waals surface area contributed by atoms with Crippen LogP contribution in [0.15, 0.2) is 36.4 Å². The van der Waals surface area contributed by atoms with Crippen molar-refractivity contribution in [3.8, 4) is 11.5 Å². The van der Waals surface area contributed by atoms with Crippen molar-refractivity contribution in [2.45, 2.75) is 12.4 Å². The maximum absolute atomic E-state index is 14.0. The molecule has 1 aliphatic rings. The molecule has 1 heterocycles. The Morgan fingerprint density at radius 2 is 1.74 bits per heavy atom. The standard InChI is InChI=1S/C18H17ClF4N2O2/c19-12-9-14(17(26)15(20)10-12)16(25-7-5-24-6-8-25)11-1-3-13(4-2-11)27-18(21,22)23/h1-4,9-10,16,24,26H,5-8H2/t16-/m0/s1. The van der Waals surface area contributed by atoms with Gasteiger partial charge in [0.05, 0.1) is 6.04 Å². The third-order valence-corrected chi connectivity index (χ3v) is 4.52. The summed E-state index contributed by atoms with van der Waals surface area (Å²) in [5.41, 5.74) is 0.842. The van der Waals surface area contributed by atoms with Gasteiger partial charge in [0.1, 0.15) is 5.75 Å². The van der Waals surface area contributed by atoms with Crippen molar-refractivity contribution in [3.63, 3.8) is 0 Å². The van der Waals surface area contributed by atoms with Crippen LogP contribution >= 0.6 is 11.6 Å². The van der Waals surface area contributed by atoms with Crippen LogP contribution in [0, 0.1) is 5.82 Å². The Morgan fingerprint density at radius 1 is 1.11 bits per heavy atom. The first-order valence-electron chi connectivity index (χ1n) is 8.23. The molecule has 0 unspecified atom stereocenters. The second kappa shape index (κ2) is 7.92. The molecule has 2 aromatic carbocycles. The van der Waals surface area contributed by atoms with Crippen molar-refractivity contribution in [2.75, 3.05) is 26.2 Å². The highest BCUT2D eigenvalue weighted by molar-refractivity contribution is 6.30. The summed E-state index contributed by atoms with van der Waals surface area (Å²) < 4.78 is 55.0. The van der Waals surface area contributed by atoms with Gasteiger partial charge in [0.25, 0.3) is 0 Å². The molecule has 3 rings (SSSR count). The number of nitrogens with one attached hydrogen (secondary N) is 1. The molecule has 0 aliphatic carbocycles. The Bertz CT molecular complexity index is 793. The summed E-state index contributed by atoms with van der Waals surface area (Å²) in [6.07, 6.45) is -4.78. The van der Waals surface area contributed by atoms with E-state index in [0.717, 1.165) is 6.07 Å². The normalized spacial score (nSPS) is 16.9. The number of nitrogens with zero attached hydrogens (tertiary/aromatic N) is 1. The molecule has 2 aromatic rings. The third-order valence-electron chi connectivity index (χ3n) is 4.30. The molecule has 0 radical (unpaired) electrons. The summed E-state index contributed by atoms with van der Waals surface area (Å²) in [5.74, 6) is -1.74. The minimum atomic E-state index is -4.78.